The third kappa shape index (κ3) is 4.31. The third-order valence-electron chi connectivity index (χ3n) is 5.27. The van der Waals surface area contributed by atoms with Crippen LogP contribution < -0.4 is 4.90 Å². The summed E-state index contributed by atoms with van der Waals surface area (Å²) in [7, 11) is 0. The van der Waals surface area contributed by atoms with Crippen molar-refractivity contribution in [2.45, 2.75) is 25.7 Å². The number of amides is 1. The monoisotopic (exact) mass is 417 g/mol. The molecule has 158 valence electrons. The molecule has 1 amide bonds. The molecule has 0 saturated heterocycles. The number of halogens is 1. The van der Waals surface area contributed by atoms with Crippen molar-refractivity contribution in [2.24, 2.45) is 5.92 Å². The highest BCUT2D eigenvalue weighted by Gasteiger charge is 2.50. The van der Waals surface area contributed by atoms with Gasteiger partial charge in [0.2, 0.25) is 5.91 Å². The second-order valence-corrected chi connectivity index (χ2v) is 7.61. The van der Waals surface area contributed by atoms with Crippen LogP contribution in [0.15, 0.2) is 84.9 Å². The van der Waals surface area contributed by atoms with E-state index in [-0.39, 0.29) is 12.2 Å². The molecule has 1 atom stereocenters. The molecule has 1 unspecified atom stereocenters. The van der Waals surface area contributed by atoms with Crippen molar-refractivity contribution in [3.05, 3.63) is 96.3 Å². The fourth-order valence-corrected chi connectivity index (χ4v) is 3.76. The van der Waals surface area contributed by atoms with Gasteiger partial charge in [0, 0.05) is 23.7 Å². The summed E-state index contributed by atoms with van der Waals surface area (Å²) < 4.78 is 13.6. The lowest BCUT2D eigenvalue weighted by Gasteiger charge is -2.36. The molecule has 0 fully saturated rings. The molecular weight excluding hydrogens is 393 g/mol. The predicted molar refractivity (Wildman–Crippen MR) is 119 cm³/mol. The van der Waals surface area contributed by atoms with Crippen LogP contribution in [0.5, 0.6) is 0 Å². The SMILES string of the molecule is CC(C)C(=O)C(CC=O)(C(=O)N(c1ccccc1)c1ccc(F)cc1)c1ccccc1. The highest BCUT2D eigenvalue weighted by molar-refractivity contribution is 6.21. The molecule has 0 radical (unpaired) electrons. The Morgan fingerprint density at radius 1 is 0.871 bits per heavy atom. The van der Waals surface area contributed by atoms with Crippen molar-refractivity contribution >= 4 is 29.4 Å². The van der Waals surface area contributed by atoms with Gasteiger partial charge < -0.3 is 4.79 Å². The van der Waals surface area contributed by atoms with Crippen LogP contribution in [-0.2, 0) is 19.8 Å². The topological polar surface area (TPSA) is 54.5 Å². The Hall–Kier alpha value is -3.60. The number of aldehydes is 1. The maximum atomic E-state index is 14.2. The Balaban J connectivity index is 2.29. The summed E-state index contributed by atoms with van der Waals surface area (Å²) in [5.74, 6) is -1.83. The lowest BCUT2D eigenvalue weighted by molar-refractivity contribution is -0.138. The van der Waals surface area contributed by atoms with E-state index >= 15 is 0 Å². The smallest absolute Gasteiger partial charge is 0.250 e. The number of hydrogen-bond donors (Lipinski definition) is 0. The van der Waals surface area contributed by atoms with E-state index in [1.807, 2.05) is 6.07 Å². The van der Waals surface area contributed by atoms with E-state index in [1.165, 1.54) is 29.2 Å². The number of carbonyl (C=O) groups excluding carboxylic acids is 3. The highest BCUT2D eigenvalue weighted by atomic mass is 19.1. The summed E-state index contributed by atoms with van der Waals surface area (Å²) in [6, 6.07) is 22.9. The van der Waals surface area contributed by atoms with E-state index in [0.717, 1.165) is 0 Å². The van der Waals surface area contributed by atoms with E-state index in [0.29, 0.717) is 23.2 Å². The average molecular weight is 417 g/mol. The first-order valence-corrected chi connectivity index (χ1v) is 10.1. The Kier molecular flexibility index (Phi) is 6.75. The number of nitrogens with zero attached hydrogens (tertiary/aromatic N) is 1. The van der Waals surface area contributed by atoms with E-state index in [4.69, 9.17) is 0 Å². The Bertz CT molecular complexity index is 1050. The molecule has 0 aromatic heterocycles. The number of rotatable bonds is 8. The molecule has 3 aromatic rings. The van der Waals surface area contributed by atoms with E-state index in [2.05, 4.69) is 0 Å². The molecule has 0 aliphatic carbocycles. The highest BCUT2D eigenvalue weighted by Crippen LogP contribution is 2.38. The number of hydrogen-bond acceptors (Lipinski definition) is 3. The van der Waals surface area contributed by atoms with Gasteiger partial charge in [0.25, 0.3) is 0 Å². The van der Waals surface area contributed by atoms with Crippen LogP contribution in [0, 0.1) is 11.7 Å². The van der Waals surface area contributed by atoms with Gasteiger partial charge in [-0.1, -0.05) is 62.4 Å². The molecule has 5 heteroatoms. The summed E-state index contributed by atoms with van der Waals surface area (Å²) >= 11 is 0. The average Bonchev–Trinajstić information content (AvgIpc) is 2.79. The fourth-order valence-electron chi connectivity index (χ4n) is 3.76. The van der Waals surface area contributed by atoms with Crippen LogP contribution >= 0.6 is 0 Å². The van der Waals surface area contributed by atoms with Crippen LogP contribution in [0.1, 0.15) is 25.8 Å². The van der Waals surface area contributed by atoms with Crippen molar-refractivity contribution in [3.63, 3.8) is 0 Å². The van der Waals surface area contributed by atoms with Gasteiger partial charge >= 0.3 is 0 Å². The quantitative estimate of drug-likeness (QED) is 0.372. The summed E-state index contributed by atoms with van der Waals surface area (Å²) in [4.78, 5) is 41.0. The van der Waals surface area contributed by atoms with Gasteiger partial charge in [0.15, 0.2) is 5.78 Å². The van der Waals surface area contributed by atoms with E-state index < -0.39 is 23.1 Å². The third-order valence-corrected chi connectivity index (χ3v) is 5.27. The van der Waals surface area contributed by atoms with Gasteiger partial charge in [-0.25, -0.2) is 4.39 Å². The van der Waals surface area contributed by atoms with Crippen molar-refractivity contribution in [1.29, 1.82) is 0 Å². The van der Waals surface area contributed by atoms with Gasteiger partial charge in [-0.05, 0) is 42.0 Å². The number of para-hydroxylation sites is 1. The van der Waals surface area contributed by atoms with Gasteiger partial charge in [-0.15, -0.1) is 0 Å². The van der Waals surface area contributed by atoms with E-state index in [1.54, 1.807) is 68.4 Å². The van der Waals surface area contributed by atoms with E-state index in [9.17, 15) is 18.8 Å². The molecular formula is C26H24FNO3. The first-order chi connectivity index (χ1) is 14.9. The van der Waals surface area contributed by atoms with Gasteiger partial charge in [0.05, 0.1) is 0 Å². The van der Waals surface area contributed by atoms with Crippen molar-refractivity contribution in [3.8, 4) is 0 Å². The molecule has 0 aliphatic heterocycles. The predicted octanol–water partition coefficient (Wildman–Crippen LogP) is 5.24. The minimum absolute atomic E-state index is 0.294. The molecule has 0 heterocycles. The zero-order valence-corrected chi connectivity index (χ0v) is 17.5. The van der Waals surface area contributed by atoms with Gasteiger partial charge in [-0.3, -0.25) is 14.5 Å². The summed E-state index contributed by atoms with van der Waals surface area (Å²) in [6.45, 7) is 3.42. The number of Topliss-reactive ketones (excluding diaryl/α,β-unsaturated/α-hetero) is 1. The molecule has 0 bridgehead atoms. The van der Waals surface area contributed by atoms with Crippen molar-refractivity contribution < 1.29 is 18.8 Å². The summed E-state index contributed by atoms with van der Waals surface area (Å²) in [5, 5.41) is 0. The van der Waals surface area contributed by atoms with Gasteiger partial charge in [0.1, 0.15) is 17.5 Å². The Morgan fingerprint density at radius 2 is 1.39 bits per heavy atom. The summed E-state index contributed by atoms with van der Waals surface area (Å²) in [5.41, 5.74) is -0.336. The molecule has 3 rings (SSSR count). The second kappa shape index (κ2) is 9.47. The largest absolute Gasteiger partial charge is 0.303 e. The molecule has 0 aliphatic rings. The maximum Gasteiger partial charge on any atom is 0.250 e. The fraction of sp³-hybridized carbons (Fsp3) is 0.192. The first kappa shape index (κ1) is 22.1. The zero-order chi connectivity index (χ0) is 22.4. The molecule has 3 aromatic carbocycles. The lowest BCUT2D eigenvalue weighted by atomic mass is 9.70. The minimum atomic E-state index is -1.71. The number of carbonyl (C=O) groups is 3. The van der Waals surface area contributed by atoms with Crippen LogP contribution in [-0.4, -0.2) is 18.0 Å². The normalized spacial score (nSPS) is 12.8. The molecule has 31 heavy (non-hydrogen) atoms. The second-order valence-electron chi connectivity index (χ2n) is 7.61. The van der Waals surface area contributed by atoms with Crippen LogP contribution in [0.25, 0.3) is 0 Å². The Morgan fingerprint density at radius 3 is 1.90 bits per heavy atom. The van der Waals surface area contributed by atoms with Crippen molar-refractivity contribution in [2.75, 3.05) is 4.90 Å². The van der Waals surface area contributed by atoms with Crippen LogP contribution in [0.4, 0.5) is 15.8 Å². The summed E-state index contributed by atoms with van der Waals surface area (Å²) in [6.07, 6.45) is 0.316. The zero-order valence-electron chi connectivity index (χ0n) is 17.5. The van der Waals surface area contributed by atoms with Crippen molar-refractivity contribution in [1.82, 2.24) is 0 Å². The van der Waals surface area contributed by atoms with Crippen LogP contribution in [0.3, 0.4) is 0 Å². The number of anilines is 2. The first-order valence-electron chi connectivity index (χ1n) is 10.1. The molecule has 0 spiro atoms. The van der Waals surface area contributed by atoms with Gasteiger partial charge in [-0.2, -0.15) is 0 Å². The number of ketones is 1. The standard InChI is InChI=1S/C26H24FNO3/c1-19(2)24(30)26(17-18-29,20-9-5-3-6-10-20)25(31)28(22-11-7-4-8-12-22)23-15-13-21(27)14-16-23/h3-16,18-19H,17H2,1-2H3. The maximum absolute atomic E-state index is 14.2. The molecule has 4 nitrogen and oxygen atoms in total. The Labute approximate surface area is 181 Å². The lowest BCUT2D eigenvalue weighted by Crippen LogP contribution is -2.52. The minimum Gasteiger partial charge on any atom is -0.303 e. The van der Waals surface area contributed by atoms with Crippen LogP contribution in [0.2, 0.25) is 0 Å². The molecule has 0 N–H and O–H groups in total. The molecule has 0 saturated carbocycles. The number of benzene rings is 3.